The molecule has 1 aliphatic carbocycles. The van der Waals surface area contributed by atoms with Crippen LogP contribution in [0.4, 0.5) is 0 Å². The van der Waals surface area contributed by atoms with E-state index in [0.717, 1.165) is 25.4 Å². The maximum atomic E-state index is 11.5. The van der Waals surface area contributed by atoms with Gasteiger partial charge in [-0.15, -0.1) is 0 Å². The van der Waals surface area contributed by atoms with Crippen LogP contribution in [0, 0.1) is 16.7 Å². The molecule has 1 atom stereocenters. The zero-order valence-corrected chi connectivity index (χ0v) is 13.4. The summed E-state index contributed by atoms with van der Waals surface area (Å²) in [6.45, 7) is 11.9. The Hall–Kier alpha value is -0.130. The van der Waals surface area contributed by atoms with Gasteiger partial charge in [-0.3, -0.25) is 0 Å². The summed E-state index contributed by atoms with van der Waals surface area (Å²) in [5, 5.41) is 6.79. The van der Waals surface area contributed by atoms with E-state index in [-0.39, 0.29) is 6.04 Å². The van der Waals surface area contributed by atoms with Crippen molar-refractivity contribution in [1.29, 1.82) is 0 Å². The molecule has 2 N–H and O–H groups in total. The van der Waals surface area contributed by atoms with E-state index >= 15 is 0 Å². The number of hydrogen-bond donors (Lipinski definition) is 2. The van der Waals surface area contributed by atoms with Crippen molar-refractivity contribution in [3.05, 3.63) is 0 Å². The van der Waals surface area contributed by atoms with Gasteiger partial charge < -0.3 is 10.6 Å². The van der Waals surface area contributed by atoms with Gasteiger partial charge >= 0.3 is 0 Å². The van der Waals surface area contributed by atoms with Crippen LogP contribution >= 0.6 is 0 Å². The minimum absolute atomic E-state index is 0.131. The Kier molecular flexibility index (Phi) is 4.02. The summed E-state index contributed by atoms with van der Waals surface area (Å²) < 4.78 is 23.0. The van der Waals surface area contributed by atoms with Crippen molar-refractivity contribution in [2.45, 2.75) is 40.2 Å². The quantitative estimate of drug-likeness (QED) is 0.742. The lowest BCUT2D eigenvalue weighted by molar-refractivity contribution is 0.457. The summed E-state index contributed by atoms with van der Waals surface area (Å²) in [7, 11) is -2.80. The first kappa shape index (κ1) is 15.3. The summed E-state index contributed by atoms with van der Waals surface area (Å²) in [5.41, 5.74) is 0.846. The second kappa shape index (κ2) is 5.01. The van der Waals surface area contributed by atoms with Crippen molar-refractivity contribution in [2.75, 3.05) is 31.1 Å². The van der Waals surface area contributed by atoms with E-state index in [1.165, 1.54) is 0 Å². The zero-order chi connectivity index (χ0) is 14.3. The van der Waals surface area contributed by atoms with Crippen LogP contribution in [0.2, 0.25) is 0 Å². The fourth-order valence-electron chi connectivity index (χ4n) is 3.42. The van der Waals surface area contributed by atoms with Gasteiger partial charge in [0, 0.05) is 12.6 Å². The highest BCUT2D eigenvalue weighted by molar-refractivity contribution is 7.91. The maximum absolute atomic E-state index is 11.5. The molecule has 0 aromatic carbocycles. The summed E-state index contributed by atoms with van der Waals surface area (Å²) in [5.74, 6) is 1.32. The Bertz CT molecular complexity index is 415. The topological polar surface area (TPSA) is 58.2 Å². The van der Waals surface area contributed by atoms with E-state index in [1.807, 2.05) is 0 Å². The van der Waals surface area contributed by atoms with Crippen LogP contribution in [0.5, 0.6) is 0 Å². The first-order valence-corrected chi connectivity index (χ1v) is 9.13. The number of sulfone groups is 1. The average Bonchev–Trinajstić information content (AvgIpc) is 2.64. The maximum Gasteiger partial charge on any atom is 0.153 e. The molecule has 2 rings (SSSR count). The smallest absolute Gasteiger partial charge is 0.153 e. The Balaban J connectivity index is 1.66. The van der Waals surface area contributed by atoms with E-state index in [2.05, 4.69) is 38.3 Å². The van der Waals surface area contributed by atoms with Gasteiger partial charge in [0.2, 0.25) is 0 Å². The second-order valence-electron chi connectivity index (χ2n) is 7.25. The molecule has 2 aliphatic rings. The summed E-state index contributed by atoms with van der Waals surface area (Å²) in [6, 6.07) is 0.131. The third-order valence-electron chi connectivity index (χ3n) is 5.64. The minimum atomic E-state index is -2.80. The monoisotopic (exact) mass is 288 g/mol. The molecule has 112 valence electrons. The Morgan fingerprint density at radius 3 is 2.37 bits per heavy atom. The zero-order valence-electron chi connectivity index (χ0n) is 12.6. The molecule has 1 saturated heterocycles. The molecule has 0 spiro atoms. The number of nitrogens with one attached hydrogen (secondary N) is 2. The molecular formula is C14H28N2O2S. The summed E-state index contributed by atoms with van der Waals surface area (Å²) >= 11 is 0. The molecule has 1 saturated carbocycles. The van der Waals surface area contributed by atoms with Gasteiger partial charge in [0.25, 0.3) is 0 Å². The van der Waals surface area contributed by atoms with E-state index in [9.17, 15) is 8.42 Å². The van der Waals surface area contributed by atoms with Crippen molar-refractivity contribution in [2.24, 2.45) is 16.7 Å². The third-order valence-corrected chi connectivity index (χ3v) is 7.38. The van der Waals surface area contributed by atoms with E-state index in [1.54, 1.807) is 0 Å². The van der Waals surface area contributed by atoms with Crippen molar-refractivity contribution >= 4 is 9.84 Å². The Labute approximate surface area is 117 Å². The lowest BCUT2D eigenvalue weighted by atomic mass is 10.0. The Morgan fingerprint density at radius 2 is 1.84 bits per heavy atom. The van der Waals surface area contributed by atoms with E-state index < -0.39 is 9.84 Å². The SMILES string of the molecule is CC1(C)C(CNCCC2CS(=O)(=O)CCN2)C1(C)C. The molecule has 1 aliphatic heterocycles. The molecule has 2 fully saturated rings. The second-order valence-corrected chi connectivity index (χ2v) is 9.48. The predicted octanol–water partition coefficient (Wildman–Crippen LogP) is 1.03. The van der Waals surface area contributed by atoms with Crippen molar-refractivity contribution in [3.8, 4) is 0 Å². The molecule has 1 unspecified atom stereocenters. The van der Waals surface area contributed by atoms with E-state index in [0.29, 0.717) is 28.9 Å². The molecule has 0 bridgehead atoms. The highest BCUT2D eigenvalue weighted by Crippen LogP contribution is 2.67. The average molecular weight is 288 g/mol. The molecule has 5 heteroatoms. The van der Waals surface area contributed by atoms with E-state index in [4.69, 9.17) is 0 Å². The standard InChI is InChI=1S/C14H28N2O2S/c1-13(2)12(14(13,3)4)9-15-6-5-11-10-19(17,18)8-7-16-11/h11-12,15-16H,5-10H2,1-4H3. The van der Waals surface area contributed by atoms with Gasteiger partial charge in [0.1, 0.15) is 0 Å². The highest BCUT2D eigenvalue weighted by Gasteiger charge is 2.63. The minimum Gasteiger partial charge on any atom is -0.316 e. The van der Waals surface area contributed by atoms with Crippen LogP contribution in [0.15, 0.2) is 0 Å². The normalized spacial score (nSPS) is 32.1. The summed E-state index contributed by atoms with van der Waals surface area (Å²) in [4.78, 5) is 0. The fraction of sp³-hybridized carbons (Fsp3) is 1.00. The van der Waals surface area contributed by atoms with Crippen LogP contribution in [0.25, 0.3) is 0 Å². The molecule has 0 aromatic heterocycles. The lowest BCUT2D eigenvalue weighted by Gasteiger charge is -2.23. The van der Waals surface area contributed by atoms with Gasteiger partial charge in [-0.2, -0.15) is 0 Å². The van der Waals surface area contributed by atoms with Crippen LogP contribution in [0.3, 0.4) is 0 Å². The molecule has 19 heavy (non-hydrogen) atoms. The lowest BCUT2D eigenvalue weighted by Crippen LogP contribution is -2.46. The fourth-order valence-corrected chi connectivity index (χ4v) is 4.91. The van der Waals surface area contributed by atoms with Gasteiger partial charge in [0.15, 0.2) is 9.84 Å². The van der Waals surface area contributed by atoms with Crippen LogP contribution in [-0.4, -0.2) is 45.6 Å². The highest BCUT2D eigenvalue weighted by atomic mass is 32.2. The van der Waals surface area contributed by atoms with Gasteiger partial charge in [0.05, 0.1) is 11.5 Å². The Morgan fingerprint density at radius 1 is 1.21 bits per heavy atom. The van der Waals surface area contributed by atoms with Crippen molar-refractivity contribution in [3.63, 3.8) is 0 Å². The third kappa shape index (κ3) is 3.14. The van der Waals surface area contributed by atoms with Crippen molar-refractivity contribution < 1.29 is 8.42 Å². The first-order chi connectivity index (χ1) is 8.67. The molecular weight excluding hydrogens is 260 g/mol. The first-order valence-electron chi connectivity index (χ1n) is 7.31. The summed E-state index contributed by atoms with van der Waals surface area (Å²) in [6.07, 6.45) is 0.896. The molecule has 1 heterocycles. The van der Waals surface area contributed by atoms with Crippen LogP contribution in [0.1, 0.15) is 34.1 Å². The number of rotatable bonds is 5. The van der Waals surface area contributed by atoms with Gasteiger partial charge in [-0.25, -0.2) is 8.42 Å². The van der Waals surface area contributed by atoms with Crippen molar-refractivity contribution in [1.82, 2.24) is 10.6 Å². The number of hydrogen-bond acceptors (Lipinski definition) is 4. The molecule has 0 amide bonds. The van der Waals surface area contributed by atoms with Crippen LogP contribution < -0.4 is 10.6 Å². The molecule has 0 aromatic rings. The largest absolute Gasteiger partial charge is 0.316 e. The molecule has 4 nitrogen and oxygen atoms in total. The molecule has 0 radical (unpaired) electrons. The van der Waals surface area contributed by atoms with Gasteiger partial charge in [-0.1, -0.05) is 27.7 Å². The predicted molar refractivity (Wildman–Crippen MR) is 79.0 cm³/mol. The van der Waals surface area contributed by atoms with Crippen LogP contribution in [-0.2, 0) is 9.84 Å². The van der Waals surface area contributed by atoms with Gasteiger partial charge in [-0.05, 0) is 36.3 Å².